The molecule has 0 saturated heterocycles. The normalized spacial score (nSPS) is 13.7. The second-order valence-corrected chi connectivity index (χ2v) is 5.03. The van der Waals surface area contributed by atoms with Crippen molar-refractivity contribution < 1.29 is 14.3 Å². The van der Waals surface area contributed by atoms with Crippen molar-refractivity contribution in [2.24, 2.45) is 5.73 Å². The summed E-state index contributed by atoms with van der Waals surface area (Å²) in [6, 6.07) is 5.25. The van der Waals surface area contributed by atoms with Crippen molar-refractivity contribution in [2.75, 3.05) is 6.61 Å². The quantitative estimate of drug-likeness (QED) is 0.783. The van der Waals surface area contributed by atoms with E-state index in [9.17, 15) is 4.79 Å². The first kappa shape index (κ1) is 16.8. The number of esters is 1. The highest BCUT2D eigenvalue weighted by Gasteiger charge is 2.22. The number of hydrogen-bond donors (Lipinski definition) is 1. The number of carbonyl (C=O) groups excluding carboxylic acids is 1. The second-order valence-electron chi connectivity index (χ2n) is 4.63. The highest BCUT2D eigenvalue weighted by Crippen LogP contribution is 2.29. The van der Waals surface area contributed by atoms with Crippen molar-refractivity contribution in [3.05, 3.63) is 28.8 Å². The maximum absolute atomic E-state index is 11.8. The predicted octanol–water partition coefficient (Wildman–Crippen LogP) is 3.47. The predicted molar refractivity (Wildman–Crippen MR) is 80.0 cm³/mol. The van der Waals surface area contributed by atoms with Crippen LogP contribution in [0.3, 0.4) is 0 Å². The fraction of sp³-hybridized carbons (Fsp3) is 0.533. The molecule has 0 amide bonds. The molecule has 0 aromatic heterocycles. The Morgan fingerprint density at radius 3 is 2.60 bits per heavy atom. The molecule has 2 atom stereocenters. The Morgan fingerprint density at radius 1 is 1.40 bits per heavy atom. The van der Waals surface area contributed by atoms with Crippen LogP contribution in [0.4, 0.5) is 0 Å². The first-order chi connectivity index (χ1) is 9.49. The summed E-state index contributed by atoms with van der Waals surface area (Å²) in [6.45, 7) is 5.96. The van der Waals surface area contributed by atoms with Crippen LogP contribution in [-0.2, 0) is 9.53 Å². The van der Waals surface area contributed by atoms with Crippen LogP contribution in [0.25, 0.3) is 0 Å². The summed E-state index contributed by atoms with van der Waals surface area (Å²) in [4.78, 5) is 11.8. The molecule has 2 unspecified atom stereocenters. The minimum absolute atomic E-state index is 0.0990. The number of halogens is 1. The number of hydrogen-bond acceptors (Lipinski definition) is 4. The standard InChI is InChI=1S/C15H22ClNO3/c1-4-6-14(15(18)19-5-2)20-13-8-7-11(10(3)17)9-12(13)16/h7-10,14H,4-6,17H2,1-3H3. The fourth-order valence-corrected chi connectivity index (χ4v) is 2.00. The van der Waals surface area contributed by atoms with Gasteiger partial charge in [0.15, 0.2) is 6.10 Å². The van der Waals surface area contributed by atoms with Crippen LogP contribution in [0.1, 0.15) is 45.2 Å². The van der Waals surface area contributed by atoms with E-state index in [1.54, 1.807) is 19.1 Å². The van der Waals surface area contributed by atoms with Gasteiger partial charge in [-0.2, -0.15) is 0 Å². The van der Waals surface area contributed by atoms with Crippen LogP contribution in [-0.4, -0.2) is 18.7 Å². The van der Waals surface area contributed by atoms with Gasteiger partial charge in [-0.05, 0) is 38.0 Å². The van der Waals surface area contributed by atoms with Crippen molar-refractivity contribution in [2.45, 2.75) is 45.8 Å². The average Bonchev–Trinajstić information content (AvgIpc) is 2.40. The molecule has 0 heterocycles. The SMILES string of the molecule is CCCC(Oc1ccc(C(C)N)cc1Cl)C(=O)OCC. The van der Waals surface area contributed by atoms with Crippen molar-refractivity contribution in [1.82, 2.24) is 0 Å². The van der Waals surface area contributed by atoms with E-state index in [1.165, 1.54) is 0 Å². The molecule has 1 aromatic carbocycles. The van der Waals surface area contributed by atoms with E-state index in [4.69, 9.17) is 26.8 Å². The van der Waals surface area contributed by atoms with E-state index >= 15 is 0 Å². The van der Waals surface area contributed by atoms with Gasteiger partial charge in [0.05, 0.1) is 11.6 Å². The summed E-state index contributed by atoms with van der Waals surface area (Å²) >= 11 is 6.17. The topological polar surface area (TPSA) is 61.5 Å². The second kappa shape index (κ2) is 8.12. The molecule has 2 N–H and O–H groups in total. The number of rotatable bonds is 7. The molecule has 0 aliphatic rings. The third-order valence-corrected chi connectivity index (χ3v) is 3.15. The maximum Gasteiger partial charge on any atom is 0.347 e. The highest BCUT2D eigenvalue weighted by molar-refractivity contribution is 6.32. The number of nitrogens with two attached hydrogens (primary N) is 1. The summed E-state index contributed by atoms with van der Waals surface area (Å²) in [5.74, 6) is 0.115. The molecule has 112 valence electrons. The first-order valence-corrected chi connectivity index (χ1v) is 7.25. The summed E-state index contributed by atoms with van der Waals surface area (Å²) in [6.07, 6.45) is 0.780. The van der Waals surface area contributed by atoms with Crippen molar-refractivity contribution in [1.29, 1.82) is 0 Å². The summed E-state index contributed by atoms with van der Waals surface area (Å²) < 4.78 is 10.7. The van der Waals surface area contributed by atoms with Gasteiger partial charge in [-0.3, -0.25) is 0 Å². The zero-order valence-corrected chi connectivity index (χ0v) is 12.9. The Hall–Kier alpha value is -1.26. The lowest BCUT2D eigenvalue weighted by atomic mass is 10.1. The molecular weight excluding hydrogens is 278 g/mol. The first-order valence-electron chi connectivity index (χ1n) is 6.87. The lowest BCUT2D eigenvalue weighted by Gasteiger charge is -2.18. The van der Waals surface area contributed by atoms with Crippen molar-refractivity contribution >= 4 is 17.6 Å². The van der Waals surface area contributed by atoms with E-state index in [-0.39, 0.29) is 12.0 Å². The zero-order chi connectivity index (χ0) is 15.1. The van der Waals surface area contributed by atoms with Gasteiger partial charge >= 0.3 is 5.97 Å². The van der Waals surface area contributed by atoms with Crippen LogP contribution in [0.5, 0.6) is 5.75 Å². The Bertz CT molecular complexity index is 449. The molecular formula is C15H22ClNO3. The van der Waals surface area contributed by atoms with Crippen LogP contribution in [0.2, 0.25) is 5.02 Å². The lowest BCUT2D eigenvalue weighted by molar-refractivity contribution is -0.151. The van der Waals surface area contributed by atoms with Gasteiger partial charge in [0.25, 0.3) is 0 Å². The van der Waals surface area contributed by atoms with Gasteiger partial charge in [0, 0.05) is 6.04 Å². The zero-order valence-electron chi connectivity index (χ0n) is 12.2. The summed E-state index contributed by atoms with van der Waals surface area (Å²) in [7, 11) is 0. The Labute approximate surface area is 125 Å². The monoisotopic (exact) mass is 299 g/mol. The number of benzene rings is 1. The molecule has 0 radical (unpaired) electrons. The molecule has 20 heavy (non-hydrogen) atoms. The van der Waals surface area contributed by atoms with Gasteiger partial charge in [0.2, 0.25) is 0 Å². The van der Waals surface area contributed by atoms with E-state index in [0.717, 1.165) is 12.0 Å². The molecule has 0 aliphatic carbocycles. The Morgan fingerprint density at radius 2 is 2.10 bits per heavy atom. The smallest absolute Gasteiger partial charge is 0.347 e. The minimum atomic E-state index is -0.626. The number of ether oxygens (including phenoxy) is 2. The molecule has 1 aromatic rings. The maximum atomic E-state index is 11.8. The van der Waals surface area contributed by atoms with Crippen LogP contribution in [0, 0.1) is 0 Å². The number of carbonyl (C=O) groups is 1. The molecule has 0 spiro atoms. The minimum Gasteiger partial charge on any atom is -0.477 e. The Kier molecular flexibility index (Phi) is 6.82. The molecule has 0 saturated carbocycles. The van der Waals surface area contributed by atoms with Gasteiger partial charge in [-0.25, -0.2) is 4.79 Å². The van der Waals surface area contributed by atoms with E-state index in [1.807, 2.05) is 19.9 Å². The lowest BCUT2D eigenvalue weighted by Crippen LogP contribution is -2.29. The third kappa shape index (κ3) is 4.69. The molecule has 1 rings (SSSR count). The van der Waals surface area contributed by atoms with Gasteiger partial charge in [-0.1, -0.05) is 31.0 Å². The molecule has 5 heteroatoms. The van der Waals surface area contributed by atoms with Crippen LogP contribution >= 0.6 is 11.6 Å². The molecule has 0 fully saturated rings. The van der Waals surface area contributed by atoms with E-state index in [0.29, 0.717) is 23.8 Å². The average molecular weight is 300 g/mol. The summed E-state index contributed by atoms with van der Waals surface area (Å²) in [5.41, 5.74) is 6.72. The van der Waals surface area contributed by atoms with Gasteiger partial charge in [-0.15, -0.1) is 0 Å². The molecule has 0 bridgehead atoms. The van der Waals surface area contributed by atoms with Crippen molar-refractivity contribution in [3.8, 4) is 5.75 Å². The van der Waals surface area contributed by atoms with Gasteiger partial charge < -0.3 is 15.2 Å². The largest absolute Gasteiger partial charge is 0.477 e. The van der Waals surface area contributed by atoms with Crippen molar-refractivity contribution in [3.63, 3.8) is 0 Å². The van der Waals surface area contributed by atoms with Crippen LogP contribution < -0.4 is 10.5 Å². The third-order valence-electron chi connectivity index (χ3n) is 2.85. The molecule has 4 nitrogen and oxygen atoms in total. The highest BCUT2D eigenvalue weighted by atomic mass is 35.5. The van der Waals surface area contributed by atoms with E-state index in [2.05, 4.69) is 0 Å². The Balaban J connectivity index is 2.85. The summed E-state index contributed by atoms with van der Waals surface area (Å²) in [5, 5.41) is 0.449. The fourth-order valence-electron chi connectivity index (χ4n) is 1.77. The van der Waals surface area contributed by atoms with E-state index < -0.39 is 6.10 Å². The van der Waals surface area contributed by atoms with Gasteiger partial charge in [0.1, 0.15) is 5.75 Å². The molecule has 0 aliphatic heterocycles. The van der Waals surface area contributed by atoms with Crippen LogP contribution in [0.15, 0.2) is 18.2 Å².